The van der Waals surface area contributed by atoms with E-state index in [-0.39, 0.29) is 11.6 Å². The van der Waals surface area contributed by atoms with Crippen LogP contribution in [0.4, 0.5) is 0 Å². The Morgan fingerprint density at radius 1 is 1.43 bits per heavy atom. The van der Waals surface area contributed by atoms with Crippen LogP contribution < -0.4 is 0 Å². The minimum absolute atomic E-state index is 0.150. The molecule has 0 bridgehead atoms. The largest absolute Gasteiger partial charge is 0.477 e. The molecular formula is C8H7ClN2O3. The average Bonchev–Trinajstić information content (AvgIpc) is 2.91. The third kappa shape index (κ3) is 1.55. The SMILES string of the molecule is O=C(O)C1=NC(C2CC2)=NC(=O)C1Cl. The number of rotatable bonds is 2. The van der Waals surface area contributed by atoms with Crippen LogP contribution in [-0.2, 0) is 9.59 Å². The maximum absolute atomic E-state index is 11.2. The molecule has 6 heteroatoms. The fourth-order valence-corrected chi connectivity index (χ4v) is 1.36. The number of alkyl halides is 1. The zero-order valence-electron chi connectivity index (χ0n) is 7.11. The van der Waals surface area contributed by atoms with Crippen molar-refractivity contribution in [1.29, 1.82) is 0 Å². The molecule has 0 saturated heterocycles. The molecule has 1 aliphatic carbocycles. The predicted molar refractivity (Wildman–Crippen MR) is 49.9 cm³/mol. The third-order valence-corrected chi connectivity index (χ3v) is 2.47. The number of amidine groups is 1. The molecule has 0 aromatic rings. The van der Waals surface area contributed by atoms with E-state index in [1.165, 1.54) is 0 Å². The maximum atomic E-state index is 11.2. The summed E-state index contributed by atoms with van der Waals surface area (Å²) in [6.45, 7) is 0. The first-order chi connectivity index (χ1) is 6.59. The standard InChI is InChI=1S/C8H7ClN2O3/c9-4-5(8(13)14)10-6(3-1-2-3)11-7(4)12/h3-4H,1-2H2,(H,13,14). The van der Waals surface area contributed by atoms with Gasteiger partial charge in [-0.25, -0.2) is 9.79 Å². The molecule has 1 unspecified atom stereocenters. The molecule has 1 saturated carbocycles. The van der Waals surface area contributed by atoms with Gasteiger partial charge in [-0.15, -0.1) is 11.6 Å². The highest BCUT2D eigenvalue weighted by atomic mass is 35.5. The molecule has 2 aliphatic rings. The van der Waals surface area contributed by atoms with Gasteiger partial charge in [-0.3, -0.25) is 4.79 Å². The molecule has 1 atom stereocenters. The van der Waals surface area contributed by atoms with Gasteiger partial charge in [0.1, 0.15) is 5.84 Å². The molecule has 2 rings (SSSR count). The third-order valence-electron chi connectivity index (χ3n) is 2.08. The first-order valence-corrected chi connectivity index (χ1v) is 4.61. The quantitative estimate of drug-likeness (QED) is 0.679. The van der Waals surface area contributed by atoms with Crippen molar-refractivity contribution in [3.63, 3.8) is 0 Å². The van der Waals surface area contributed by atoms with Gasteiger partial charge in [-0.2, -0.15) is 4.99 Å². The number of aliphatic carboxylic acids is 1. The highest BCUT2D eigenvalue weighted by molar-refractivity contribution is 6.58. The lowest BCUT2D eigenvalue weighted by Crippen LogP contribution is -2.35. The van der Waals surface area contributed by atoms with Crippen molar-refractivity contribution in [2.75, 3.05) is 0 Å². The smallest absolute Gasteiger partial charge is 0.352 e. The molecule has 1 fully saturated rings. The van der Waals surface area contributed by atoms with Crippen molar-refractivity contribution < 1.29 is 14.7 Å². The lowest BCUT2D eigenvalue weighted by atomic mass is 10.2. The summed E-state index contributed by atoms with van der Waals surface area (Å²) in [5, 5.41) is 7.48. The van der Waals surface area contributed by atoms with Crippen LogP contribution in [0.1, 0.15) is 12.8 Å². The van der Waals surface area contributed by atoms with E-state index in [0.29, 0.717) is 5.84 Å². The zero-order chi connectivity index (χ0) is 10.3. The van der Waals surface area contributed by atoms with E-state index < -0.39 is 17.3 Å². The Balaban J connectivity index is 2.33. The Morgan fingerprint density at radius 3 is 2.57 bits per heavy atom. The molecule has 0 spiro atoms. The van der Waals surface area contributed by atoms with Crippen LogP contribution in [0.3, 0.4) is 0 Å². The zero-order valence-corrected chi connectivity index (χ0v) is 7.86. The number of carboxylic acids is 1. The van der Waals surface area contributed by atoms with E-state index in [2.05, 4.69) is 9.98 Å². The fourth-order valence-electron chi connectivity index (χ4n) is 1.17. The van der Waals surface area contributed by atoms with E-state index in [1.807, 2.05) is 0 Å². The van der Waals surface area contributed by atoms with Crippen molar-refractivity contribution in [3.8, 4) is 0 Å². The van der Waals surface area contributed by atoms with E-state index in [4.69, 9.17) is 16.7 Å². The van der Waals surface area contributed by atoms with Gasteiger partial charge in [-0.1, -0.05) is 0 Å². The number of hydrogen-bond acceptors (Lipinski definition) is 3. The molecule has 1 aliphatic heterocycles. The molecule has 1 amide bonds. The van der Waals surface area contributed by atoms with Crippen molar-refractivity contribution in [1.82, 2.24) is 0 Å². The molecule has 1 heterocycles. The Morgan fingerprint density at radius 2 is 2.07 bits per heavy atom. The second-order valence-corrected chi connectivity index (χ2v) is 3.68. The summed E-state index contributed by atoms with van der Waals surface area (Å²) in [6.07, 6.45) is 1.82. The summed E-state index contributed by atoms with van der Waals surface area (Å²) < 4.78 is 0. The lowest BCUT2D eigenvalue weighted by Gasteiger charge is -2.11. The molecule has 0 aromatic carbocycles. The van der Waals surface area contributed by atoms with Gasteiger partial charge < -0.3 is 5.11 Å². The van der Waals surface area contributed by atoms with Gasteiger partial charge in [-0.05, 0) is 12.8 Å². The normalized spacial score (nSPS) is 26.9. The first kappa shape index (κ1) is 9.33. The van der Waals surface area contributed by atoms with E-state index >= 15 is 0 Å². The van der Waals surface area contributed by atoms with Crippen LogP contribution in [-0.4, -0.2) is 33.9 Å². The Kier molecular flexibility index (Phi) is 2.11. The number of carbonyl (C=O) groups is 2. The topological polar surface area (TPSA) is 79.1 Å². The number of aliphatic imine (C=N–C) groups is 2. The molecular weight excluding hydrogens is 208 g/mol. The van der Waals surface area contributed by atoms with Crippen molar-refractivity contribution in [2.24, 2.45) is 15.9 Å². The van der Waals surface area contributed by atoms with Crippen molar-refractivity contribution >= 4 is 35.0 Å². The van der Waals surface area contributed by atoms with E-state index in [1.54, 1.807) is 0 Å². The Bertz CT molecular complexity index is 371. The average molecular weight is 215 g/mol. The highest BCUT2D eigenvalue weighted by Gasteiger charge is 2.36. The summed E-state index contributed by atoms with van der Waals surface area (Å²) in [7, 11) is 0. The number of carboxylic acid groups (broad SMARTS) is 1. The van der Waals surface area contributed by atoms with Gasteiger partial charge in [0.15, 0.2) is 11.1 Å². The van der Waals surface area contributed by atoms with E-state index in [9.17, 15) is 9.59 Å². The van der Waals surface area contributed by atoms with Crippen molar-refractivity contribution in [2.45, 2.75) is 18.2 Å². The summed E-state index contributed by atoms with van der Waals surface area (Å²) in [5.74, 6) is -1.41. The van der Waals surface area contributed by atoms with Gasteiger partial charge in [0.25, 0.3) is 5.91 Å². The summed E-state index contributed by atoms with van der Waals surface area (Å²) in [5.41, 5.74) is -0.312. The van der Waals surface area contributed by atoms with Crippen LogP contribution in [0.25, 0.3) is 0 Å². The number of amides is 1. The molecule has 74 valence electrons. The second kappa shape index (κ2) is 3.16. The Labute approximate surface area is 84.5 Å². The first-order valence-electron chi connectivity index (χ1n) is 4.18. The van der Waals surface area contributed by atoms with Crippen LogP contribution in [0, 0.1) is 5.92 Å². The molecule has 14 heavy (non-hydrogen) atoms. The monoisotopic (exact) mass is 214 g/mol. The lowest BCUT2D eigenvalue weighted by molar-refractivity contribution is -0.130. The van der Waals surface area contributed by atoms with Crippen LogP contribution in [0.15, 0.2) is 9.98 Å². The molecule has 5 nitrogen and oxygen atoms in total. The van der Waals surface area contributed by atoms with Gasteiger partial charge in [0.05, 0.1) is 0 Å². The molecule has 0 radical (unpaired) electrons. The predicted octanol–water partition coefficient (Wildman–Crippen LogP) is 0.468. The number of nitrogens with zero attached hydrogens (tertiary/aromatic N) is 2. The minimum Gasteiger partial charge on any atom is -0.477 e. The fraction of sp³-hybridized carbons (Fsp3) is 0.500. The van der Waals surface area contributed by atoms with Gasteiger partial charge in [0.2, 0.25) is 0 Å². The van der Waals surface area contributed by atoms with Gasteiger partial charge >= 0.3 is 5.97 Å². The minimum atomic E-state index is -1.26. The summed E-state index contributed by atoms with van der Waals surface area (Å²) >= 11 is 5.55. The number of hydrogen-bond donors (Lipinski definition) is 1. The summed E-state index contributed by atoms with van der Waals surface area (Å²) in [6, 6.07) is 0. The summed E-state index contributed by atoms with van der Waals surface area (Å²) in [4.78, 5) is 29.3. The second-order valence-electron chi connectivity index (χ2n) is 3.25. The number of carbonyl (C=O) groups excluding carboxylic acids is 1. The van der Waals surface area contributed by atoms with Crippen molar-refractivity contribution in [3.05, 3.63) is 0 Å². The van der Waals surface area contributed by atoms with Crippen LogP contribution in [0.2, 0.25) is 0 Å². The van der Waals surface area contributed by atoms with E-state index in [0.717, 1.165) is 12.8 Å². The van der Waals surface area contributed by atoms with Crippen LogP contribution >= 0.6 is 11.6 Å². The highest BCUT2D eigenvalue weighted by Crippen LogP contribution is 2.32. The number of halogens is 1. The van der Waals surface area contributed by atoms with Crippen LogP contribution in [0.5, 0.6) is 0 Å². The Hall–Kier alpha value is -1.23. The van der Waals surface area contributed by atoms with Gasteiger partial charge in [0, 0.05) is 5.92 Å². The molecule has 1 N–H and O–H groups in total. The maximum Gasteiger partial charge on any atom is 0.352 e. The molecule has 0 aromatic heterocycles.